The molecule has 34 heavy (non-hydrogen) atoms. The van der Waals surface area contributed by atoms with Gasteiger partial charge >= 0.3 is 6.36 Å². The van der Waals surface area contributed by atoms with Gasteiger partial charge in [0.2, 0.25) is 0 Å². The van der Waals surface area contributed by atoms with E-state index in [4.69, 9.17) is 0 Å². The SMILES string of the molecule is O=C(CCc1ccc2nccn2c1)c1ccc(S(=O)(=O)Cc2cccc(OC(F)(F)F)c2)cc1. The van der Waals surface area contributed by atoms with E-state index in [1.165, 1.54) is 36.4 Å². The lowest BCUT2D eigenvalue weighted by Crippen LogP contribution is -2.17. The minimum absolute atomic E-state index is 0.0308. The minimum atomic E-state index is -4.87. The van der Waals surface area contributed by atoms with Crippen LogP contribution in [0.3, 0.4) is 0 Å². The van der Waals surface area contributed by atoms with E-state index in [2.05, 4.69) is 9.72 Å². The van der Waals surface area contributed by atoms with Crippen molar-refractivity contribution in [3.63, 3.8) is 0 Å². The van der Waals surface area contributed by atoms with Gasteiger partial charge in [-0.3, -0.25) is 4.79 Å². The number of carbonyl (C=O) groups is 1. The number of fused-ring (bicyclic) bond motifs is 1. The van der Waals surface area contributed by atoms with Crippen molar-refractivity contribution in [1.82, 2.24) is 9.38 Å². The molecule has 4 rings (SSSR count). The summed E-state index contributed by atoms with van der Waals surface area (Å²) in [5.41, 5.74) is 2.31. The number of hydrogen-bond acceptors (Lipinski definition) is 5. The average Bonchev–Trinajstić information content (AvgIpc) is 3.24. The van der Waals surface area contributed by atoms with E-state index in [1.54, 1.807) is 6.20 Å². The molecule has 0 saturated carbocycles. The molecule has 0 bridgehead atoms. The molecule has 0 atom stereocenters. The number of Topliss-reactive ketones (excluding diaryl/α,β-unsaturated/α-hetero) is 1. The highest BCUT2D eigenvalue weighted by Gasteiger charge is 2.31. The van der Waals surface area contributed by atoms with E-state index >= 15 is 0 Å². The van der Waals surface area contributed by atoms with Gasteiger partial charge in [-0.05, 0) is 47.9 Å². The first-order valence-electron chi connectivity index (χ1n) is 10.2. The van der Waals surface area contributed by atoms with Gasteiger partial charge in [0.05, 0.1) is 10.6 Å². The molecule has 0 radical (unpaired) electrons. The van der Waals surface area contributed by atoms with Crippen molar-refractivity contribution in [3.8, 4) is 5.75 Å². The molecular weight excluding hydrogens is 469 g/mol. The van der Waals surface area contributed by atoms with Gasteiger partial charge in [-0.25, -0.2) is 13.4 Å². The van der Waals surface area contributed by atoms with Crippen molar-refractivity contribution in [2.75, 3.05) is 0 Å². The van der Waals surface area contributed by atoms with Crippen LogP contribution in [-0.4, -0.2) is 29.9 Å². The Kier molecular flexibility index (Phi) is 6.43. The number of benzene rings is 2. The summed E-state index contributed by atoms with van der Waals surface area (Å²) < 4.78 is 68.4. The maximum absolute atomic E-state index is 12.7. The standard InChI is InChI=1S/C24H19F3N2O4S/c25-24(26,27)33-20-3-1-2-18(14-20)16-34(31,32)21-8-6-19(7-9-21)22(30)10-4-17-5-11-23-28-12-13-29(23)15-17/h1-3,5-9,11-15H,4,10,16H2. The van der Waals surface area contributed by atoms with Crippen molar-refractivity contribution in [3.05, 3.63) is 95.9 Å². The number of aromatic nitrogens is 2. The van der Waals surface area contributed by atoms with Gasteiger partial charge in [0.1, 0.15) is 11.4 Å². The van der Waals surface area contributed by atoms with Gasteiger partial charge < -0.3 is 9.14 Å². The predicted octanol–water partition coefficient (Wildman–Crippen LogP) is 5.02. The molecule has 2 aromatic heterocycles. The van der Waals surface area contributed by atoms with Crippen LogP contribution in [-0.2, 0) is 22.0 Å². The van der Waals surface area contributed by atoms with Gasteiger partial charge in [0.25, 0.3) is 0 Å². The fraction of sp³-hybridized carbons (Fsp3) is 0.167. The van der Waals surface area contributed by atoms with Gasteiger partial charge in [-0.2, -0.15) is 0 Å². The Bertz CT molecular complexity index is 1430. The number of hydrogen-bond donors (Lipinski definition) is 0. The lowest BCUT2D eigenvalue weighted by Gasteiger charge is -2.10. The molecule has 176 valence electrons. The van der Waals surface area contributed by atoms with E-state index in [0.29, 0.717) is 12.0 Å². The van der Waals surface area contributed by atoms with Crippen molar-refractivity contribution in [2.24, 2.45) is 0 Å². The highest BCUT2D eigenvalue weighted by molar-refractivity contribution is 7.90. The van der Waals surface area contributed by atoms with Crippen LogP contribution < -0.4 is 4.74 Å². The first kappa shape index (κ1) is 23.5. The van der Waals surface area contributed by atoms with E-state index in [0.717, 1.165) is 23.3 Å². The third kappa shape index (κ3) is 5.82. The molecule has 0 fully saturated rings. The molecule has 10 heteroatoms. The Hall–Kier alpha value is -3.66. The lowest BCUT2D eigenvalue weighted by molar-refractivity contribution is -0.274. The van der Waals surface area contributed by atoms with Gasteiger partial charge in [0, 0.05) is 30.6 Å². The number of aryl methyl sites for hydroxylation is 1. The predicted molar refractivity (Wildman–Crippen MR) is 118 cm³/mol. The first-order chi connectivity index (χ1) is 16.1. The second kappa shape index (κ2) is 9.30. The van der Waals surface area contributed by atoms with Gasteiger partial charge in [-0.15, -0.1) is 13.2 Å². The molecule has 0 amide bonds. The Morgan fingerprint density at radius 3 is 2.50 bits per heavy atom. The average molecular weight is 488 g/mol. The topological polar surface area (TPSA) is 77.7 Å². The number of rotatable bonds is 8. The fourth-order valence-corrected chi connectivity index (χ4v) is 4.84. The van der Waals surface area contributed by atoms with Crippen LogP contribution >= 0.6 is 0 Å². The maximum atomic E-state index is 12.7. The van der Waals surface area contributed by atoms with Crippen LogP contribution in [0.5, 0.6) is 5.75 Å². The molecule has 2 aromatic carbocycles. The Balaban J connectivity index is 1.40. The summed E-state index contributed by atoms with van der Waals surface area (Å²) in [5, 5.41) is 0. The molecule has 0 aliphatic carbocycles. The maximum Gasteiger partial charge on any atom is 0.573 e. The van der Waals surface area contributed by atoms with Crippen molar-refractivity contribution < 1.29 is 31.1 Å². The molecular formula is C24H19F3N2O4S. The highest BCUT2D eigenvalue weighted by atomic mass is 32.2. The van der Waals surface area contributed by atoms with Crippen LogP contribution in [0.2, 0.25) is 0 Å². The van der Waals surface area contributed by atoms with E-state index in [1.807, 2.05) is 28.9 Å². The summed E-state index contributed by atoms with van der Waals surface area (Å²) in [7, 11) is -3.84. The lowest BCUT2D eigenvalue weighted by atomic mass is 10.0. The second-order valence-corrected chi connectivity index (χ2v) is 9.62. The third-order valence-corrected chi connectivity index (χ3v) is 6.82. The van der Waals surface area contributed by atoms with E-state index in [9.17, 15) is 26.4 Å². The number of ether oxygens (including phenoxy) is 1. The van der Waals surface area contributed by atoms with Crippen LogP contribution in [0.1, 0.15) is 27.9 Å². The van der Waals surface area contributed by atoms with E-state index < -0.39 is 27.7 Å². The van der Waals surface area contributed by atoms with Crippen LogP contribution in [0.25, 0.3) is 5.65 Å². The summed E-state index contributed by atoms with van der Waals surface area (Å²) in [5.74, 6) is -1.13. The quantitative estimate of drug-likeness (QED) is 0.326. The Morgan fingerprint density at radius 2 is 1.76 bits per heavy atom. The molecule has 0 aliphatic rings. The molecule has 2 heterocycles. The number of ketones is 1. The molecule has 6 nitrogen and oxygen atoms in total. The summed E-state index contributed by atoms with van der Waals surface area (Å²) >= 11 is 0. The van der Waals surface area contributed by atoms with Gasteiger partial charge in [-0.1, -0.05) is 30.3 Å². The molecule has 0 spiro atoms. The smallest absolute Gasteiger partial charge is 0.406 e. The fourth-order valence-electron chi connectivity index (χ4n) is 3.50. The Labute approximate surface area is 193 Å². The molecule has 0 N–H and O–H groups in total. The van der Waals surface area contributed by atoms with Crippen LogP contribution in [0.15, 0.2) is 84.1 Å². The van der Waals surface area contributed by atoms with Crippen LogP contribution in [0, 0.1) is 0 Å². The van der Waals surface area contributed by atoms with Crippen molar-refractivity contribution in [2.45, 2.75) is 29.9 Å². The first-order valence-corrected chi connectivity index (χ1v) is 11.9. The zero-order chi connectivity index (χ0) is 24.3. The summed E-state index contributed by atoms with van der Waals surface area (Å²) in [6, 6.07) is 14.1. The Morgan fingerprint density at radius 1 is 1.00 bits per heavy atom. The molecule has 4 aromatic rings. The summed E-state index contributed by atoms with van der Waals surface area (Å²) in [4.78, 5) is 16.7. The number of imidazole rings is 1. The number of alkyl halides is 3. The van der Waals surface area contributed by atoms with Crippen molar-refractivity contribution >= 4 is 21.3 Å². The second-order valence-electron chi connectivity index (χ2n) is 7.63. The number of carbonyl (C=O) groups excluding carboxylic acids is 1. The number of sulfone groups is 1. The monoisotopic (exact) mass is 488 g/mol. The highest BCUT2D eigenvalue weighted by Crippen LogP contribution is 2.25. The number of halogens is 3. The van der Waals surface area contributed by atoms with E-state index in [-0.39, 0.29) is 22.7 Å². The largest absolute Gasteiger partial charge is 0.573 e. The van der Waals surface area contributed by atoms with Gasteiger partial charge in [0.15, 0.2) is 15.6 Å². The van der Waals surface area contributed by atoms with Crippen LogP contribution in [0.4, 0.5) is 13.2 Å². The zero-order valence-electron chi connectivity index (χ0n) is 17.7. The summed E-state index contributed by atoms with van der Waals surface area (Å²) in [6.45, 7) is 0. The normalized spacial score (nSPS) is 12.1. The van der Waals surface area contributed by atoms with Crippen molar-refractivity contribution in [1.29, 1.82) is 0 Å². The third-order valence-electron chi connectivity index (χ3n) is 5.11. The number of pyridine rings is 1. The minimum Gasteiger partial charge on any atom is -0.406 e. The molecule has 0 aliphatic heterocycles. The summed E-state index contributed by atoms with van der Waals surface area (Å²) in [6.07, 6.45) is 1.31. The zero-order valence-corrected chi connectivity index (χ0v) is 18.5. The number of nitrogens with zero attached hydrogens (tertiary/aromatic N) is 2. The molecule has 0 saturated heterocycles. The molecule has 0 unspecified atom stereocenters.